The van der Waals surface area contributed by atoms with Gasteiger partial charge in [-0.3, -0.25) is 0 Å². The predicted octanol–water partition coefficient (Wildman–Crippen LogP) is 4.87. The maximum atomic E-state index is 5.84. The Morgan fingerprint density at radius 1 is 1.05 bits per heavy atom. The smallest absolute Gasteiger partial charge is 0.122 e. The minimum atomic E-state index is 0.143. The van der Waals surface area contributed by atoms with Crippen molar-refractivity contribution in [2.24, 2.45) is 0 Å². The summed E-state index contributed by atoms with van der Waals surface area (Å²) >= 11 is 7.63. The number of hydrogen-bond acceptors (Lipinski definition) is 3. The van der Waals surface area contributed by atoms with Gasteiger partial charge in [-0.1, -0.05) is 11.6 Å². The molecule has 108 valence electrons. The van der Waals surface area contributed by atoms with Crippen LogP contribution in [0.25, 0.3) is 0 Å². The van der Waals surface area contributed by atoms with E-state index in [2.05, 4.69) is 38.2 Å². The van der Waals surface area contributed by atoms with Crippen LogP contribution in [0.2, 0.25) is 5.02 Å². The molecule has 0 unspecified atom stereocenters. The fourth-order valence-electron chi connectivity index (χ4n) is 1.63. The Labute approximate surface area is 129 Å². The second kappa shape index (κ2) is 6.61. The van der Waals surface area contributed by atoms with E-state index in [4.69, 9.17) is 16.3 Å². The Bertz CT molecular complexity index is 542. The van der Waals surface area contributed by atoms with Crippen molar-refractivity contribution < 1.29 is 4.74 Å². The molecule has 1 aromatic heterocycles. The molecule has 0 amide bonds. The fraction of sp³-hybridized carbons (Fsp3) is 0.375. The summed E-state index contributed by atoms with van der Waals surface area (Å²) in [5.41, 5.74) is 0.143. The number of thiophene rings is 1. The molecule has 20 heavy (non-hydrogen) atoms. The quantitative estimate of drug-likeness (QED) is 0.851. The molecule has 1 heterocycles. The number of benzene rings is 1. The summed E-state index contributed by atoms with van der Waals surface area (Å²) in [7, 11) is 0. The van der Waals surface area contributed by atoms with E-state index in [0.717, 1.165) is 17.3 Å². The van der Waals surface area contributed by atoms with Crippen LogP contribution in [-0.2, 0) is 13.2 Å². The highest BCUT2D eigenvalue weighted by Crippen LogP contribution is 2.21. The molecule has 0 atom stereocenters. The van der Waals surface area contributed by atoms with Crippen molar-refractivity contribution in [3.63, 3.8) is 0 Å². The summed E-state index contributed by atoms with van der Waals surface area (Å²) < 4.78 is 5.74. The molecule has 2 aromatic rings. The molecule has 0 spiro atoms. The van der Waals surface area contributed by atoms with Gasteiger partial charge < -0.3 is 10.1 Å². The maximum absolute atomic E-state index is 5.84. The topological polar surface area (TPSA) is 21.3 Å². The van der Waals surface area contributed by atoms with Crippen molar-refractivity contribution in [1.29, 1.82) is 0 Å². The highest BCUT2D eigenvalue weighted by molar-refractivity contribution is 7.11. The zero-order valence-electron chi connectivity index (χ0n) is 12.1. The van der Waals surface area contributed by atoms with Gasteiger partial charge in [0.1, 0.15) is 12.4 Å². The van der Waals surface area contributed by atoms with E-state index in [1.54, 1.807) is 11.3 Å². The molecule has 4 heteroatoms. The van der Waals surface area contributed by atoms with Crippen LogP contribution < -0.4 is 10.1 Å². The number of halogens is 1. The molecule has 0 saturated carbocycles. The van der Waals surface area contributed by atoms with E-state index >= 15 is 0 Å². The molecule has 1 N–H and O–H groups in total. The first-order chi connectivity index (χ1) is 9.42. The SMILES string of the molecule is CC(C)(C)NCc1ccc(COc2ccc(Cl)cc2)s1. The van der Waals surface area contributed by atoms with Crippen LogP contribution in [0, 0.1) is 0 Å². The lowest BCUT2D eigenvalue weighted by Gasteiger charge is -2.19. The summed E-state index contributed by atoms with van der Waals surface area (Å²) in [6.45, 7) is 8.01. The van der Waals surface area contributed by atoms with Crippen molar-refractivity contribution in [1.82, 2.24) is 5.32 Å². The van der Waals surface area contributed by atoms with Gasteiger partial charge in [0.2, 0.25) is 0 Å². The zero-order valence-corrected chi connectivity index (χ0v) is 13.6. The lowest BCUT2D eigenvalue weighted by molar-refractivity contribution is 0.310. The predicted molar refractivity (Wildman–Crippen MR) is 86.7 cm³/mol. The van der Waals surface area contributed by atoms with Crippen LogP contribution in [0.1, 0.15) is 30.5 Å². The molecule has 0 aliphatic carbocycles. The average molecular weight is 310 g/mol. The van der Waals surface area contributed by atoms with Gasteiger partial charge in [0.05, 0.1) is 0 Å². The minimum Gasteiger partial charge on any atom is -0.488 e. The molecular formula is C16H20ClNOS. The molecule has 0 fully saturated rings. The normalized spacial score (nSPS) is 11.6. The molecule has 0 radical (unpaired) electrons. The summed E-state index contributed by atoms with van der Waals surface area (Å²) in [6.07, 6.45) is 0. The largest absolute Gasteiger partial charge is 0.488 e. The zero-order chi connectivity index (χ0) is 14.6. The Balaban J connectivity index is 1.85. The summed E-state index contributed by atoms with van der Waals surface area (Å²) in [5.74, 6) is 0.845. The van der Waals surface area contributed by atoms with Crippen molar-refractivity contribution in [3.8, 4) is 5.75 Å². The molecule has 2 nitrogen and oxygen atoms in total. The molecular weight excluding hydrogens is 290 g/mol. The first-order valence-electron chi connectivity index (χ1n) is 6.63. The molecule has 1 aromatic carbocycles. The third-order valence-corrected chi connectivity index (χ3v) is 4.02. The molecule has 0 bridgehead atoms. The maximum Gasteiger partial charge on any atom is 0.122 e. The number of rotatable bonds is 5. The van der Waals surface area contributed by atoms with Gasteiger partial charge in [-0.2, -0.15) is 0 Å². The van der Waals surface area contributed by atoms with Crippen LogP contribution in [0.15, 0.2) is 36.4 Å². The van der Waals surface area contributed by atoms with Gasteiger partial charge >= 0.3 is 0 Å². The average Bonchev–Trinajstić information content (AvgIpc) is 2.83. The number of nitrogens with one attached hydrogen (secondary N) is 1. The highest BCUT2D eigenvalue weighted by atomic mass is 35.5. The Hall–Kier alpha value is -1.03. The third-order valence-electron chi connectivity index (χ3n) is 2.70. The number of hydrogen-bond donors (Lipinski definition) is 1. The van der Waals surface area contributed by atoms with Crippen molar-refractivity contribution in [3.05, 3.63) is 51.2 Å². The van der Waals surface area contributed by atoms with E-state index in [0.29, 0.717) is 6.61 Å². The summed E-state index contributed by atoms with van der Waals surface area (Å²) in [5, 5.41) is 4.21. The molecule has 0 aliphatic rings. The van der Waals surface area contributed by atoms with Crippen molar-refractivity contribution in [2.75, 3.05) is 0 Å². The van der Waals surface area contributed by atoms with Gasteiger partial charge in [0.25, 0.3) is 0 Å². The molecule has 0 saturated heterocycles. The molecule has 2 rings (SSSR count). The second-order valence-electron chi connectivity index (χ2n) is 5.71. The Morgan fingerprint density at radius 3 is 2.35 bits per heavy atom. The Kier molecular flexibility index (Phi) is 5.08. The van der Waals surface area contributed by atoms with Gasteiger partial charge in [0, 0.05) is 26.9 Å². The van der Waals surface area contributed by atoms with E-state index in [1.807, 2.05) is 24.3 Å². The first-order valence-corrected chi connectivity index (χ1v) is 7.83. The van der Waals surface area contributed by atoms with E-state index < -0.39 is 0 Å². The lowest BCUT2D eigenvalue weighted by Crippen LogP contribution is -2.34. The van der Waals surface area contributed by atoms with Gasteiger partial charge in [-0.25, -0.2) is 0 Å². The van der Waals surface area contributed by atoms with E-state index in [9.17, 15) is 0 Å². The first kappa shape index (κ1) is 15.4. The monoisotopic (exact) mass is 309 g/mol. The Morgan fingerprint density at radius 2 is 1.70 bits per heavy atom. The van der Waals surface area contributed by atoms with Gasteiger partial charge in [0.15, 0.2) is 0 Å². The van der Waals surface area contributed by atoms with Crippen LogP contribution in [-0.4, -0.2) is 5.54 Å². The van der Waals surface area contributed by atoms with Crippen LogP contribution in [0.5, 0.6) is 5.75 Å². The third kappa shape index (κ3) is 5.16. The van der Waals surface area contributed by atoms with Gasteiger partial charge in [-0.05, 0) is 57.2 Å². The second-order valence-corrected chi connectivity index (χ2v) is 7.40. The summed E-state index contributed by atoms with van der Waals surface area (Å²) in [4.78, 5) is 2.56. The van der Waals surface area contributed by atoms with Gasteiger partial charge in [-0.15, -0.1) is 11.3 Å². The van der Waals surface area contributed by atoms with Crippen LogP contribution >= 0.6 is 22.9 Å². The fourth-order valence-corrected chi connectivity index (χ4v) is 2.63. The van der Waals surface area contributed by atoms with Crippen molar-refractivity contribution >= 4 is 22.9 Å². The van der Waals surface area contributed by atoms with Crippen LogP contribution in [0.4, 0.5) is 0 Å². The lowest BCUT2D eigenvalue weighted by atomic mass is 10.1. The van der Waals surface area contributed by atoms with E-state index in [-0.39, 0.29) is 5.54 Å². The summed E-state index contributed by atoms with van der Waals surface area (Å²) in [6, 6.07) is 11.7. The van der Waals surface area contributed by atoms with Crippen LogP contribution in [0.3, 0.4) is 0 Å². The van der Waals surface area contributed by atoms with E-state index in [1.165, 1.54) is 9.75 Å². The highest BCUT2D eigenvalue weighted by Gasteiger charge is 2.09. The molecule has 0 aliphatic heterocycles. The standard InChI is InChI=1S/C16H20ClNOS/c1-16(2,3)18-10-14-8-9-15(20-14)11-19-13-6-4-12(17)5-7-13/h4-9,18H,10-11H2,1-3H3. The number of ether oxygens (including phenoxy) is 1. The van der Waals surface area contributed by atoms with Crippen molar-refractivity contribution in [2.45, 2.75) is 39.5 Å². The minimum absolute atomic E-state index is 0.143.